The predicted molar refractivity (Wildman–Crippen MR) is 171 cm³/mol. The van der Waals surface area contributed by atoms with Crippen LogP contribution in [0.1, 0.15) is 100 Å². The second-order valence-corrected chi connectivity index (χ2v) is 13.6. The Morgan fingerprint density at radius 3 is 2.40 bits per heavy atom. The van der Waals surface area contributed by atoms with Crippen molar-refractivity contribution < 1.29 is 37.1 Å². The number of fused-ring (bicyclic) bond motifs is 1. The second kappa shape index (κ2) is 15.0. The van der Waals surface area contributed by atoms with Crippen LogP contribution < -0.4 is 10.6 Å². The van der Waals surface area contributed by atoms with Crippen LogP contribution in [0, 0.1) is 35.2 Å². The Morgan fingerprint density at radius 1 is 1.08 bits per heavy atom. The fourth-order valence-corrected chi connectivity index (χ4v) is 5.98. The van der Waals surface area contributed by atoms with Crippen molar-refractivity contribution in [1.29, 1.82) is 0 Å². The molecule has 0 aliphatic carbocycles. The molecule has 0 saturated carbocycles. The van der Waals surface area contributed by atoms with Crippen LogP contribution in [0.4, 0.5) is 13.2 Å². The number of nitrogens with one attached hydrogen (secondary N) is 2. The molecule has 0 bridgehead atoms. The highest BCUT2D eigenvalue weighted by Crippen LogP contribution is 2.29. The van der Waals surface area contributed by atoms with Crippen molar-refractivity contribution in [2.45, 2.75) is 104 Å². The molecule has 2 aromatic carbocycles. The van der Waals surface area contributed by atoms with Crippen molar-refractivity contribution in [2.24, 2.45) is 5.92 Å². The maximum Gasteiger partial charge on any atom is 0.255 e. The van der Waals surface area contributed by atoms with Gasteiger partial charge in [-0.15, -0.1) is 0 Å². The highest BCUT2D eigenvalue weighted by molar-refractivity contribution is 6.05. The molecule has 2 aromatic rings. The molecular formula is C36H41F3N4O5. The summed E-state index contributed by atoms with van der Waals surface area (Å²) in [5.41, 5.74) is 1.26. The van der Waals surface area contributed by atoms with Crippen LogP contribution in [0.3, 0.4) is 0 Å². The normalized spacial score (nSPS) is 16.6. The Hall–Kier alpha value is -4.66. The number of rotatable bonds is 10. The Bertz CT molecular complexity index is 1650. The minimum absolute atomic E-state index is 0.0184. The zero-order valence-corrected chi connectivity index (χ0v) is 27.8. The Labute approximate surface area is 278 Å². The number of hydrogen-bond donors (Lipinski definition) is 2. The Balaban J connectivity index is 1.42. The predicted octanol–water partition coefficient (Wildman–Crippen LogP) is 4.74. The summed E-state index contributed by atoms with van der Waals surface area (Å²) in [6.07, 6.45) is 1.83. The van der Waals surface area contributed by atoms with Gasteiger partial charge >= 0.3 is 0 Å². The highest BCUT2D eigenvalue weighted by atomic mass is 19.2. The zero-order chi connectivity index (χ0) is 35.3. The van der Waals surface area contributed by atoms with Crippen LogP contribution in [0.2, 0.25) is 0 Å². The van der Waals surface area contributed by atoms with E-state index in [4.69, 9.17) is 0 Å². The van der Waals surface area contributed by atoms with Gasteiger partial charge < -0.3 is 15.1 Å². The van der Waals surface area contributed by atoms with E-state index in [9.17, 15) is 37.1 Å². The minimum Gasteiger partial charge on any atom is -0.350 e. The molecule has 4 rings (SSSR count). The lowest BCUT2D eigenvalue weighted by Gasteiger charge is -2.36. The number of halogens is 3. The van der Waals surface area contributed by atoms with Gasteiger partial charge in [-0.25, -0.2) is 13.2 Å². The molecular weight excluding hydrogens is 625 g/mol. The first-order chi connectivity index (χ1) is 22.6. The molecule has 0 radical (unpaired) electrons. The lowest BCUT2D eigenvalue weighted by molar-refractivity contribution is -0.143. The molecule has 1 saturated heterocycles. The summed E-state index contributed by atoms with van der Waals surface area (Å²) in [6, 6.07) is 5.18. The van der Waals surface area contributed by atoms with Crippen LogP contribution in [-0.2, 0) is 32.3 Å². The number of piperidine rings is 1. The van der Waals surface area contributed by atoms with Gasteiger partial charge in [-0.1, -0.05) is 31.8 Å². The van der Waals surface area contributed by atoms with Gasteiger partial charge in [-0.3, -0.25) is 29.3 Å². The third-order valence-electron chi connectivity index (χ3n) is 8.20. The van der Waals surface area contributed by atoms with E-state index < -0.39 is 52.8 Å². The van der Waals surface area contributed by atoms with Gasteiger partial charge in [0, 0.05) is 49.0 Å². The van der Waals surface area contributed by atoms with E-state index >= 15 is 0 Å². The van der Waals surface area contributed by atoms with E-state index in [2.05, 4.69) is 22.5 Å². The van der Waals surface area contributed by atoms with Crippen molar-refractivity contribution in [3.63, 3.8) is 0 Å². The van der Waals surface area contributed by atoms with Crippen LogP contribution >= 0.6 is 0 Å². The molecule has 256 valence electrons. The standard InChI is InChI=1S/C36H41F3N4O5/c1-21(2)32(34(47)41-36(3,4)5)43(19-22-17-26(37)31(39)27(38)18-22)30(45)14-9-7-6-8-11-23-12-10-13-24-25(23)20-42(35(24)48)28-15-16-29(44)40-33(28)46/h10,12-13,17-18,21,28,32H,6-7,9,14-16,19-20H2,1-5H3,(H,41,47)(H,40,44,46). The molecule has 12 heteroatoms. The third kappa shape index (κ3) is 8.62. The van der Waals surface area contributed by atoms with E-state index in [-0.39, 0.29) is 55.6 Å². The molecule has 2 aliphatic heterocycles. The minimum atomic E-state index is -1.61. The molecule has 2 unspecified atom stereocenters. The molecule has 2 atom stereocenters. The first-order valence-electron chi connectivity index (χ1n) is 16.1. The largest absolute Gasteiger partial charge is 0.350 e. The quantitative estimate of drug-likeness (QED) is 0.165. The third-order valence-corrected chi connectivity index (χ3v) is 8.20. The number of hydrogen-bond acceptors (Lipinski definition) is 5. The van der Waals surface area contributed by atoms with Gasteiger partial charge in [-0.2, -0.15) is 0 Å². The SMILES string of the molecule is CC(C)C(C(=O)NC(C)(C)C)N(Cc1cc(F)c(F)c(F)c1)C(=O)CCCCC#Cc1cccc2c1CN(C1CCC(=O)NC1=O)C2=O. The number of carbonyl (C=O) groups excluding carboxylic acids is 5. The fraction of sp³-hybridized carbons (Fsp3) is 0.472. The summed E-state index contributed by atoms with van der Waals surface area (Å²) in [5, 5.41) is 5.17. The van der Waals surface area contributed by atoms with E-state index in [0.717, 1.165) is 12.1 Å². The van der Waals surface area contributed by atoms with E-state index in [1.165, 1.54) is 9.80 Å². The molecule has 9 nitrogen and oxygen atoms in total. The average molecular weight is 667 g/mol. The number of carbonyl (C=O) groups is 5. The van der Waals surface area contributed by atoms with Crippen molar-refractivity contribution in [3.05, 3.63) is 70.0 Å². The molecule has 1 fully saturated rings. The van der Waals surface area contributed by atoms with E-state index in [0.29, 0.717) is 36.0 Å². The maximum atomic E-state index is 14.0. The number of benzene rings is 2. The first-order valence-corrected chi connectivity index (χ1v) is 16.1. The van der Waals surface area contributed by atoms with E-state index in [1.807, 2.05) is 0 Å². The van der Waals surface area contributed by atoms with Crippen LogP contribution in [0.5, 0.6) is 0 Å². The number of nitrogens with zero attached hydrogens (tertiary/aromatic N) is 2. The molecule has 0 spiro atoms. The monoisotopic (exact) mass is 666 g/mol. The average Bonchev–Trinajstić information content (AvgIpc) is 3.32. The van der Waals surface area contributed by atoms with Crippen molar-refractivity contribution >= 4 is 29.5 Å². The van der Waals surface area contributed by atoms with Crippen LogP contribution in [0.15, 0.2) is 30.3 Å². The lowest BCUT2D eigenvalue weighted by atomic mass is 9.97. The summed E-state index contributed by atoms with van der Waals surface area (Å²) >= 11 is 0. The van der Waals surface area contributed by atoms with Gasteiger partial charge in [0.15, 0.2) is 17.5 Å². The highest BCUT2D eigenvalue weighted by Gasteiger charge is 2.40. The molecule has 5 amide bonds. The number of imide groups is 1. The maximum absolute atomic E-state index is 14.0. The first kappa shape index (κ1) is 36.2. The van der Waals surface area contributed by atoms with Gasteiger partial charge in [0.05, 0.1) is 0 Å². The zero-order valence-electron chi connectivity index (χ0n) is 27.8. The second-order valence-electron chi connectivity index (χ2n) is 13.6. The summed E-state index contributed by atoms with van der Waals surface area (Å²) in [7, 11) is 0. The Kier molecular flexibility index (Phi) is 11.3. The van der Waals surface area contributed by atoms with Crippen LogP contribution in [-0.4, -0.2) is 57.0 Å². The molecule has 48 heavy (non-hydrogen) atoms. The summed E-state index contributed by atoms with van der Waals surface area (Å²) in [4.78, 5) is 66.7. The number of amides is 5. The van der Waals surface area contributed by atoms with Gasteiger partial charge in [0.2, 0.25) is 23.6 Å². The van der Waals surface area contributed by atoms with Gasteiger partial charge in [0.1, 0.15) is 12.1 Å². The Morgan fingerprint density at radius 2 is 1.77 bits per heavy atom. The smallest absolute Gasteiger partial charge is 0.255 e. The molecule has 0 aromatic heterocycles. The topological polar surface area (TPSA) is 116 Å². The van der Waals surface area contributed by atoms with E-state index in [1.54, 1.807) is 52.8 Å². The molecule has 2 heterocycles. The summed E-state index contributed by atoms with van der Waals surface area (Å²) < 4.78 is 41.7. The lowest BCUT2D eigenvalue weighted by Crippen LogP contribution is -2.55. The van der Waals surface area contributed by atoms with Crippen LogP contribution in [0.25, 0.3) is 0 Å². The van der Waals surface area contributed by atoms with Gasteiger partial charge in [0.25, 0.3) is 5.91 Å². The van der Waals surface area contributed by atoms with Crippen molar-refractivity contribution in [3.8, 4) is 11.8 Å². The number of unbranched alkanes of at least 4 members (excludes halogenated alkanes) is 2. The summed E-state index contributed by atoms with van der Waals surface area (Å²) in [5.74, 6) is -0.462. The molecule has 2 aliphatic rings. The summed E-state index contributed by atoms with van der Waals surface area (Å²) in [6.45, 7) is 8.86. The van der Waals surface area contributed by atoms with Crippen molar-refractivity contribution in [2.75, 3.05) is 0 Å². The fourth-order valence-electron chi connectivity index (χ4n) is 5.98. The van der Waals surface area contributed by atoms with Gasteiger partial charge in [-0.05, 0) is 81.3 Å². The van der Waals surface area contributed by atoms with Crippen molar-refractivity contribution in [1.82, 2.24) is 20.4 Å². The molecule has 2 N–H and O–H groups in total.